The minimum atomic E-state index is -0.865. The number of hydrogen-bond acceptors (Lipinski definition) is 6. The number of nitrogens with zero attached hydrogens (tertiary/aromatic N) is 1. The zero-order valence-electron chi connectivity index (χ0n) is 18.0. The molecule has 0 saturated carbocycles. The van der Waals surface area contributed by atoms with E-state index in [4.69, 9.17) is 25.5 Å². The second kappa shape index (κ2) is 9.58. The third-order valence-corrected chi connectivity index (χ3v) is 5.17. The number of carbonyl (C=O) groups is 2. The van der Waals surface area contributed by atoms with E-state index in [1.807, 2.05) is 20.8 Å². The first-order valence-corrected chi connectivity index (χ1v) is 10.5. The molecule has 1 aromatic carbocycles. The van der Waals surface area contributed by atoms with E-state index in [0.717, 1.165) is 0 Å². The van der Waals surface area contributed by atoms with Crippen LogP contribution in [-0.2, 0) is 14.3 Å². The van der Waals surface area contributed by atoms with Gasteiger partial charge in [-0.3, -0.25) is 9.59 Å². The van der Waals surface area contributed by atoms with Gasteiger partial charge in [0.1, 0.15) is 29.1 Å². The van der Waals surface area contributed by atoms with Crippen LogP contribution in [0.3, 0.4) is 0 Å². The fourth-order valence-electron chi connectivity index (χ4n) is 3.47. The Bertz CT molecular complexity index is 1010. The SMILES string of the molecule is CCOc1cc(/C(O)=C2/C(=O)C(=O)N(CCOC(C)C)C2c2ccc(C)o2)ccc1Cl. The number of aliphatic hydroxyl groups is 1. The highest BCUT2D eigenvalue weighted by Crippen LogP contribution is 2.40. The van der Waals surface area contributed by atoms with E-state index in [9.17, 15) is 14.7 Å². The molecule has 0 bridgehead atoms. The highest BCUT2D eigenvalue weighted by molar-refractivity contribution is 6.46. The third-order valence-electron chi connectivity index (χ3n) is 4.86. The summed E-state index contributed by atoms with van der Waals surface area (Å²) < 4.78 is 16.8. The molecule has 166 valence electrons. The van der Waals surface area contributed by atoms with E-state index in [1.165, 1.54) is 4.90 Å². The van der Waals surface area contributed by atoms with E-state index < -0.39 is 17.7 Å². The number of carbonyl (C=O) groups excluding carboxylic acids is 2. The molecule has 2 heterocycles. The smallest absolute Gasteiger partial charge is 0.295 e. The van der Waals surface area contributed by atoms with Crippen LogP contribution in [0.1, 0.15) is 43.9 Å². The monoisotopic (exact) mass is 447 g/mol. The van der Waals surface area contributed by atoms with Crippen LogP contribution in [0.4, 0.5) is 0 Å². The molecule has 0 radical (unpaired) electrons. The number of rotatable bonds is 8. The normalized spacial score (nSPS) is 18.3. The number of hydrogen-bond donors (Lipinski definition) is 1. The number of ether oxygens (including phenoxy) is 2. The summed E-state index contributed by atoms with van der Waals surface area (Å²) in [7, 11) is 0. The summed E-state index contributed by atoms with van der Waals surface area (Å²) in [6, 6.07) is 7.26. The molecule has 1 aliphatic rings. The van der Waals surface area contributed by atoms with Gasteiger partial charge in [-0.25, -0.2) is 0 Å². The Balaban J connectivity index is 2.08. The molecule has 0 spiro atoms. The molecular weight excluding hydrogens is 422 g/mol. The lowest BCUT2D eigenvalue weighted by molar-refractivity contribution is -0.140. The summed E-state index contributed by atoms with van der Waals surface area (Å²) in [4.78, 5) is 27.1. The van der Waals surface area contributed by atoms with Crippen molar-refractivity contribution in [1.29, 1.82) is 0 Å². The van der Waals surface area contributed by atoms with Crippen molar-refractivity contribution in [3.8, 4) is 5.75 Å². The minimum Gasteiger partial charge on any atom is -0.507 e. The minimum absolute atomic E-state index is 0.0211. The van der Waals surface area contributed by atoms with Crippen molar-refractivity contribution in [3.63, 3.8) is 0 Å². The highest BCUT2D eigenvalue weighted by atomic mass is 35.5. The Morgan fingerprint density at radius 1 is 1.26 bits per heavy atom. The Labute approximate surface area is 186 Å². The standard InChI is InChI=1S/C23H26ClNO6/c1-5-29-18-12-15(7-8-16(18)24)21(26)19-20(17-9-6-14(4)31-17)25(23(28)22(19)27)10-11-30-13(2)3/h6-9,12-13,20,26H,5,10-11H2,1-4H3/b21-19-. The fourth-order valence-corrected chi connectivity index (χ4v) is 3.64. The fraction of sp³-hybridized carbons (Fsp3) is 0.391. The molecule has 1 atom stereocenters. The lowest BCUT2D eigenvalue weighted by Crippen LogP contribution is -2.33. The van der Waals surface area contributed by atoms with Crippen LogP contribution in [0.25, 0.3) is 5.76 Å². The van der Waals surface area contributed by atoms with Crippen LogP contribution in [0.5, 0.6) is 5.75 Å². The molecule has 31 heavy (non-hydrogen) atoms. The average molecular weight is 448 g/mol. The Hall–Kier alpha value is -2.77. The van der Waals surface area contributed by atoms with E-state index in [-0.39, 0.29) is 30.6 Å². The van der Waals surface area contributed by atoms with Crippen LogP contribution < -0.4 is 4.74 Å². The second-order valence-electron chi connectivity index (χ2n) is 7.44. The van der Waals surface area contributed by atoms with Gasteiger partial charge >= 0.3 is 0 Å². The van der Waals surface area contributed by atoms with Gasteiger partial charge in [-0.15, -0.1) is 0 Å². The summed E-state index contributed by atoms with van der Waals surface area (Å²) in [6.45, 7) is 8.16. The van der Waals surface area contributed by atoms with Crippen molar-refractivity contribution in [2.45, 2.75) is 39.8 Å². The first-order chi connectivity index (χ1) is 14.7. The number of ketones is 1. The molecule has 0 aliphatic carbocycles. The van der Waals surface area contributed by atoms with E-state index in [2.05, 4.69) is 0 Å². The van der Waals surface area contributed by atoms with Gasteiger partial charge in [-0.1, -0.05) is 11.6 Å². The quantitative estimate of drug-likeness (QED) is 0.364. The Morgan fingerprint density at radius 3 is 2.61 bits per heavy atom. The number of aliphatic hydroxyl groups excluding tert-OH is 1. The van der Waals surface area contributed by atoms with Gasteiger partial charge < -0.3 is 23.9 Å². The van der Waals surface area contributed by atoms with Crippen molar-refractivity contribution in [2.75, 3.05) is 19.8 Å². The third kappa shape index (κ3) is 4.78. The molecule has 1 aliphatic heterocycles. The molecule has 1 amide bonds. The van der Waals surface area contributed by atoms with Gasteiger partial charge in [-0.05, 0) is 58.0 Å². The van der Waals surface area contributed by atoms with Crippen LogP contribution in [0.2, 0.25) is 5.02 Å². The maximum absolute atomic E-state index is 12.9. The topological polar surface area (TPSA) is 89.2 Å². The molecule has 1 unspecified atom stereocenters. The van der Waals surface area contributed by atoms with E-state index in [1.54, 1.807) is 37.3 Å². The van der Waals surface area contributed by atoms with Crippen molar-refractivity contribution < 1.29 is 28.6 Å². The summed E-state index contributed by atoms with van der Waals surface area (Å²) in [5.41, 5.74) is 0.270. The van der Waals surface area contributed by atoms with Gasteiger partial charge in [0.05, 0.1) is 29.9 Å². The predicted octanol–water partition coefficient (Wildman–Crippen LogP) is 4.49. The summed E-state index contributed by atoms with van der Waals surface area (Å²) >= 11 is 6.14. The first-order valence-electron chi connectivity index (χ1n) is 10.1. The highest BCUT2D eigenvalue weighted by Gasteiger charge is 2.47. The molecule has 3 rings (SSSR count). The molecule has 7 nitrogen and oxygen atoms in total. The Kier molecular flexibility index (Phi) is 7.08. The molecule has 2 aromatic rings. The second-order valence-corrected chi connectivity index (χ2v) is 7.85. The van der Waals surface area contributed by atoms with E-state index in [0.29, 0.717) is 34.5 Å². The van der Waals surface area contributed by atoms with E-state index >= 15 is 0 Å². The lowest BCUT2D eigenvalue weighted by atomic mass is 9.99. The predicted molar refractivity (Wildman–Crippen MR) is 116 cm³/mol. The van der Waals surface area contributed by atoms with Gasteiger partial charge in [0.25, 0.3) is 11.7 Å². The van der Waals surface area contributed by atoms with Gasteiger partial charge in [0.15, 0.2) is 0 Å². The largest absolute Gasteiger partial charge is 0.507 e. The van der Waals surface area contributed by atoms with Crippen molar-refractivity contribution in [3.05, 3.63) is 58.0 Å². The summed E-state index contributed by atoms with van der Waals surface area (Å²) in [6.07, 6.45) is -0.0211. The van der Waals surface area contributed by atoms with Crippen LogP contribution in [0.15, 0.2) is 40.3 Å². The number of benzene rings is 1. The van der Waals surface area contributed by atoms with Gasteiger partial charge in [0.2, 0.25) is 0 Å². The van der Waals surface area contributed by atoms with Crippen LogP contribution in [0, 0.1) is 6.92 Å². The maximum Gasteiger partial charge on any atom is 0.295 e. The number of likely N-dealkylation sites (tertiary alicyclic amines) is 1. The molecule has 1 fully saturated rings. The number of halogens is 1. The first kappa shape index (κ1) is 22.9. The maximum atomic E-state index is 12.9. The summed E-state index contributed by atoms with van der Waals surface area (Å²) in [5, 5.41) is 11.4. The molecule has 1 N–H and O–H groups in total. The Morgan fingerprint density at radius 2 is 2.00 bits per heavy atom. The van der Waals surface area contributed by atoms with Crippen LogP contribution in [-0.4, -0.2) is 47.6 Å². The lowest BCUT2D eigenvalue weighted by Gasteiger charge is -2.23. The van der Waals surface area contributed by atoms with Gasteiger partial charge in [-0.2, -0.15) is 0 Å². The van der Waals surface area contributed by atoms with Crippen molar-refractivity contribution in [2.24, 2.45) is 0 Å². The van der Waals surface area contributed by atoms with Crippen molar-refractivity contribution >= 4 is 29.1 Å². The van der Waals surface area contributed by atoms with Crippen LogP contribution >= 0.6 is 11.6 Å². The number of Topliss-reactive ketones (excluding diaryl/α,β-unsaturated/α-hetero) is 1. The zero-order valence-corrected chi connectivity index (χ0v) is 18.7. The average Bonchev–Trinajstić information content (AvgIpc) is 3.25. The summed E-state index contributed by atoms with van der Waals surface area (Å²) in [5.74, 6) is -0.424. The molecular formula is C23H26ClNO6. The number of amides is 1. The molecule has 1 saturated heterocycles. The van der Waals surface area contributed by atoms with Gasteiger partial charge in [0, 0.05) is 12.1 Å². The number of furan rings is 1. The molecule has 8 heteroatoms. The van der Waals surface area contributed by atoms with Crippen molar-refractivity contribution in [1.82, 2.24) is 4.90 Å². The zero-order chi connectivity index (χ0) is 22.7. The number of aryl methyl sites for hydroxylation is 1. The molecule has 1 aromatic heterocycles.